The first-order valence-corrected chi connectivity index (χ1v) is 11.9. The summed E-state index contributed by atoms with van der Waals surface area (Å²) in [4.78, 5) is 22.4. The second-order valence-corrected chi connectivity index (χ2v) is 9.50. The summed E-state index contributed by atoms with van der Waals surface area (Å²) in [6.45, 7) is 7.35. The van der Waals surface area contributed by atoms with Crippen molar-refractivity contribution < 1.29 is 4.79 Å². The van der Waals surface area contributed by atoms with E-state index in [0.717, 1.165) is 60.6 Å². The summed E-state index contributed by atoms with van der Waals surface area (Å²) in [5, 5.41) is 5.74. The molecule has 6 heteroatoms. The number of nitrogens with zero attached hydrogens (tertiary/aromatic N) is 5. The van der Waals surface area contributed by atoms with Gasteiger partial charge in [0.1, 0.15) is 0 Å². The molecule has 0 unspecified atom stereocenters. The zero-order valence-electron chi connectivity index (χ0n) is 20.1. The summed E-state index contributed by atoms with van der Waals surface area (Å²) < 4.78 is 1.90. The van der Waals surface area contributed by atoms with E-state index < -0.39 is 0 Å². The van der Waals surface area contributed by atoms with Crippen molar-refractivity contribution in [3.63, 3.8) is 0 Å². The second-order valence-electron chi connectivity index (χ2n) is 9.50. The molecule has 1 amide bonds. The van der Waals surface area contributed by atoms with E-state index in [1.807, 2.05) is 66.0 Å². The van der Waals surface area contributed by atoms with E-state index in [1.165, 1.54) is 5.56 Å². The molecule has 1 fully saturated rings. The summed E-state index contributed by atoms with van der Waals surface area (Å²) in [5.41, 5.74) is 5.97. The fraction of sp³-hybridized carbons (Fsp3) is 0.321. The first-order valence-electron chi connectivity index (χ1n) is 11.9. The van der Waals surface area contributed by atoms with Crippen LogP contribution < -0.4 is 0 Å². The van der Waals surface area contributed by atoms with Gasteiger partial charge in [-0.15, -0.1) is 0 Å². The van der Waals surface area contributed by atoms with Crippen LogP contribution in [0.4, 0.5) is 0 Å². The van der Waals surface area contributed by atoms with Gasteiger partial charge in [-0.05, 0) is 81.3 Å². The lowest BCUT2D eigenvalue weighted by molar-refractivity contribution is 0.0746. The third kappa shape index (κ3) is 4.73. The minimum absolute atomic E-state index is 0.0893. The molecule has 4 aromatic rings. The Balaban J connectivity index is 1.36. The lowest BCUT2D eigenvalue weighted by Crippen LogP contribution is -2.36. The third-order valence-electron chi connectivity index (χ3n) is 6.63. The van der Waals surface area contributed by atoms with Gasteiger partial charge in [-0.2, -0.15) is 5.10 Å². The van der Waals surface area contributed by atoms with Gasteiger partial charge in [0.2, 0.25) is 0 Å². The van der Waals surface area contributed by atoms with Crippen molar-refractivity contribution in [1.29, 1.82) is 0 Å². The highest BCUT2D eigenvalue weighted by Crippen LogP contribution is 2.21. The molecule has 0 N–H and O–H groups in total. The first kappa shape index (κ1) is 22.3. The fourth-order valence-electron chi connectivity index (χ4n) is 5.03. The minimum Gasteiger partial charge on any atom is -0.337 e. The van der Waals surface area contributed by atoms with Crippen molar-refractivity contribution in [2.24, 2.45) is 5.92 Å². The number of aromatic nitrogens is 3. The molecule has 0 spiro atoms. The van der Waals surface area contributed by atoms with E-state index >= 15 is 0 Å². The van der Waals surface area contributed by atoms with Crippen LogP contribution >= 0.6 is 0 Å². The van der Waals surface area contributed by atoms with E-state index in [1.54, 1.807) is 0 Å². The van der Waals surface area contributed by atoms with E-state index in [4.69, 9.17) is 0 Å². The standard InChI is InChI=1S/C28H31N5O/c1-20-14-21(2)33(30-20)26-8-4-6-25(17-26)28(34)32-13-12-31(3)18-23(19-32)15-22-9-10-27-24(16-22)7-5-11-29-27/h4-11,14,16-17,23H,12-13,15,18-19H2,1-3H3/t23-/m1/s1. The lowest BCUT2D eigenvalue weighted by Gasteiger charge is -2.24. The zero-order chi connectivity index (χ0) is 23.7. The Labute approximate surface area is 200 Å². The molecule has 5 rings (SSSR count). The summed E-state index contributed by atoms with van der Waals surface area (Å²) in [6.07, 6.45) is 2.76. The molecule has 1 aliphatic heterocycles. The SMILES string of the molecule is Cc1cc(C)n(-c2cccc(C(=O)N3CCN(C)C[C@@H](Cc4ccc5ncccc5c4)C3)c2)n1. The molecule has 1 atom stereocenters. The molecule has 1 aliphatic rings. The molecule has 0 saturated carbocycles. The Morgan fingerprint density at radius 3 is 2.71 bits per heavy atom. The Morgan fingerprint density at radius 1 is 1.00 bits per heavy atom. The first-order chi connectivity index (χ1) is 16.5. The molecule has 0 bridgehead atoms. The van der Waals surface area contributed by atoms with Crippen molar-refractivity contribution in [2.45, 2.75) is 20.3 Å². The van der Waals surface area contributed by atoms with Crippen molar-refractivity contribution in [1.82, 2.24) is 24.6 Å². The maximum absolute atomic E-state index is 13.6. The average molecular weight is 454 g/mol. The molecule has 3 heterocycles. The molecule has 2 aromatic heterocycles. The molecule has 2 aromatic carbocycles. The van der Waals surface area contributed by atoms with Crippen LogP contribution in [0.5, 0.6) is 0 Å². The molecule has 0 aliphatic carbocycles. The number of carbonyl (C=O) groups excluding carboxylic acids is 1. The number of fused-ring (bicyclic) bond motifs is 1. The number of pyridine rings is 1. The predicted molar refractivity (Wildman–Crippen MR) is 135 cm³/mol. The van der Waals surface area contributed by atoms with Crippen LogP contribution in [0.1, 0.15) is 27.3 Å². The smallest absolute Gasteiger partial charge is 0.253 e. The van der Waals surface area contributed by atoms with Crippen LogP contribution in [0.25, 0.3) is 16.6 Å². The third-order valence-corrected chi connectivity index (χ3v) is 6.63. The zero-order valence-corrected chi connectivity index (χ0v) is 20.1. The van der Waals surface area contributed by atoms with E-state index in [-0.39, 0.29) is 5.91 Å². The summed E-state index contributed by atoms with van der Waals surface area (Å²) >= 11 is 0. The number of hydrogen-bond donors (Lipinski definition) is 0. The van der Waals surface area contributed by atoms with Crippen LogP contribution in [0.15, 0.2) is 66.9 Å². The van der Waals surface area contributed by atoms with E-state index in [9.17, 15) is 4.79 Å². The quantitative estimate of drug-likeness (QED) is 0.463. The van der Waals surface area contributed by atoms with Crippen LogP contribution in [-0.4, -0.2) is 63.7 Å². The molecular weight excluding hydrogens is 422 g/mol. The number of carbonyl (C=O) groups is 1. The second kappa shape index (κ2) is 9.39. The van der Waals surface area contributed by atoms with E-state index in [2.05, 4.69) is 46.3 Å². The molecule has 0 radical (unpaired) electrons. The van der Waals surface area contributed by atoms with Gasteiger partial charge >= 0.3 is 0 Å². The van der Waals surface area contributed by atoms with Gasteiger partial charge < -0.3 is 9.80 Å². The van der Waals surface area contributed by atoms with Crippen molar-refractivity contribution in [3.8, 4) is 5.69 Å². The molecule has 1 saturated heterocycles. The van der Waals surface area contributed by atoms with Gasteiger partial charge in [-0.3, -0.25) is 9.78 Å². The van der Waals surface area contributed by atoms with Crippen molar-refractivity contribution >= 4 is 16.8 Å². The maximum Gasteiger partial charge on any atom is 0.253 e. The van der Waals surface area contributed by atoms with Gasteiger partial charge in [-0.25, -0.2) is 4.68 Å². The van der Waals surface area contributed by atoms with Gasteiger partial charge in [0.15, 0.2) is 0 Å². The summed E-state index contributed by atoms with van der Waals surface area (Å²) in [6, 6.07) is 20.5. The topological polar surface area (TPSA) is 54.3 Å². The van der Waals surface area contributed by atoms with Crippen LogP contribution in [0.2, 0.25) is 0 Å². The van der Waals surface area contributed by atoms with Gasteiger partial charge in [-0.1, -0.05) is 18.2 Å². The highest BCUT2D eigenvalue weighted by atomic mass is 16.2. The van der Waals surface area contributed by atoms with Crippen molar-refractivity contribution in [3.05, 3.63) is 89.4 Å². The molecule has 34 heavy (non-hydrogen) atoms. The number of amides is 1. The number of likely N-dealkylation sites (N-methyl/N-ethyl adjacent to an activating group) is 1. The Morgan fingerprint density at radius 2 is 1.88 bits per heavy atom. The normalized spacial score (nSPS) is 17.1. The van der Waals surface area contributed by atoms with Gasteiger partial charge in [0, 0.05) is 49.0 Å². The van der Waals surface area contributed by atoms with Crippen LogP contribution in [-0.2, 0) is 6.42 Å². The molecular formula is C28H31N5O. The number of rotatable bonds is 4. The van der Waals surface area contributed by atoms with Gasteiger partial charge in [0.25, 0.3) is 5.91 Å². The summed E-state index contributed by atoms with van der Waals surface area (Å²) in [7, 11) is 2.15. The average Bonchev–Trinajstić information content (AvgIpc) is 3.07. The molecule has 6 nitrogen and oxygen atoms in total. The minimum atomic E-state index is 0.0893. The Bertz CT molecular complexity index is 1330. The Hall–Kier alpha value is -3.51. The van der Waals surface area contributed by atoms with E-state index in [0.29, 0.717) is 11.5 Å². The number of aryl methyl sites for hydroxylation is 2. The highest BCUT2D eigenvalue weighted by molar-refractivity contribution is 5.94. The largest absolute Gasteiger partial charge is 0.337 e. The lowest BCUT2D eigenvalue weighted by atomic mass is 9.97. The molecule has 174 valence electrons. The number of hydrogen-bond acceptors (Lipinski definition) is 4. The monoisotopic (exact) mass is 453 g/mol. The van der Waals surface area contributed by atoms with Crippen molar-refractivity contribution in [2.75, 3.05) is 33.2 Å². The van der Waals surface area contributed by atoms with Crippen LogP contribution in [0.3, 0.4) is 0 Å². The predicted octanol–water partition coefficient (Wildman–Crippen LogP) is 4.28. The maximum atomic E-state index is 13.6. The number of benzene rings is 2. The Kier molecular flexibility index (Phi) is 6.16. The highest BCUT2D eigenvalue weighted by Gasteiger charge is 2.25. The fourth-order valence-corrected chi connectivity index (χ4v) is 5.03. The van der Waals surface area contributed by atoms with Crippen LogP contribution in [0, 0.1) is 19.8 Å². The summed E-state index contributed by atoms with van der Waals surface area (Å²) in [5.74, 6) is 0.455. The van der Waals surface area contributed by atoms with Gasteiger partial charge in [0.05, 0.1) is 16.9 Å².